The van der Waals surface area contributed by atoms with Crippen LogP contribution in [0.15, 0.2) is 60.1 Å². The van der Waals surface area contributed by atoms with E-state index in [-0.39, 0.29) is 5.56 Å². The third-order valence-electron chi connectivity index (χ3n) is 4.54. The van der Waals surface area contributed by atoms with Crippen molar-refractivity contribution in [3.8, 4) is 21.8 Å². The molecule has 0 fully saturated rings. The third kappa shape index (κ3) is 3.25. The van der Waals surface area contributed by atoms with E-state index < -0.39 is 11.7 Å². The van der Waals surface area contributed by atoms with Crippen LogP contribution in [0.2, 0.25) is 0 Å². The summed E-state index contributed by atoms with van der Waals surface area (Å²) in [5.74, 6) is 0. The molecule has 2 heterocycles. The van der Waals surface area contributed by atoms with Crippen molar-refractivity contribution in [2.24, 2.45) is 0 Å². The highest BCUT2D eigenvalue weighted by molar-refractivity contribution is 7.13. The van der Waals surface area contributed by atoms with Gasteiger partial charge < -0.3 is 4.57 Å². The smallest absolute Gasteiger partial charge is 0.345 e. The lowest BCUT2D eigenvalue weighted by molar-refractivity contribution is -0.137. The molecular weight excluding hydrogens is 369 g/mol. The molecule has 2 nitrogen and oxygen atoms in total. The average Bonchev–Trinajstić information content (AvgIpc) is 3.27. The highest BCUT2D eigenvalue weighted by Gasteiger charge is 2.33. The van der Waals surface area contributed by atoms with Crippen LogP contribution in [0.3, 0.4) is 0 Å². The number of fused-ring (bicyclic) bond motifs is 1. The molecular formula is C21H17F3N2S. The Morgan fingerprint density at radius 3 is 2.56 bits per heavy atom. The minimum absolute atomic E-state index is 0.111. The Hall–Kier alpha value is -2.60. The summed E-state index contributed by atoms with van der Waals surface area (Å²) in [6, 6.07) is 14.0. The summed E-state index contributed by atoms with van der Waals surface area (Å²) >= 11 is 1.35. The van der Waals surface area contributed by atoms with Gasteiger partial charge in [-0.05, 0) is 44.2 Å². The standard InChI is InChI=1S/C21H17F3N2S/c1-13(2)26-10-9-14-11-15(7-8-19(14)26)20-25-18(12-27-20)16-5-3-4-6-17(16)21(22,23)24/h3-13H,1-2H3. The molecule has 138 valence electrons. The molecule has 0 unspecified atom stereocenters. The van der Waals surface area contributed by atoms with Gasteiger partial charge in [-0.25, -0.2) is 4.98 Å². The number of halogens is 3. The fourth-order valence-corrected chi connectivity index (χ4v) is 4.05. The molecule has 0 saturated carbocycles. The number of hydrogen-bond donors (Lipinski definition) is 0. The van der Waals surface area contributed by atoms with Crippen molar-refractivity contribution < 1.29 is 13.2 Å². The minimum Gasteiger partial charge on any atom is -0.345 e. The lowest BCUT2D eigenvalue weighted by atomic mass is 10.1. The summed E-state index contributed by atoms with van der Waals surface area (Å²) in [4.78, 5) is 4.49. The first kappa shape index (κ1) is 17.8. The van der Waals surface area contributed by atoms with E-state index in [4.69, 9.17) is 0 Å². The molecule has 0 aliphatic carbocycles. The zero-order valence-electron chi connectivity index (χ0n) is 14.8. The van der Waals surface area contributed by atoms with Gasteiger partial charge in [0, 0.05) is 39.6 Å². The van der Waals surface area contributed by atoms with Crippen LogP contribution in [0.4, 0.5) is 13.2 Å². The summed E-state index contributed by atoms with van der Waals surface area (Å²) in [7, 11) is 0. The first-order chi connectivity index (χ1) is 12.8. The monoisotopic (exact) mass is 386 g/mol. The Morgan fingerprint density at radius 1 is 1.04 bits per heavy atom. The summed E-state index contributed by atoms with van der Waals surface area (Å²) in [5.41, 5.74) is 1.84. The number of nitrogens with zero attached hydrogens (tertiary/aromatic N) is 2. The van der Waals surface area contributed by atoms with E-state index in [0.29, 0.717) is 16.7 Å². The number of thiazole rings is 1. The molecule has 4 rings (SSSR count). The minimum atomic E-state index is -4.40. The predicted octanol–water partition coefficient (Wildman–Crippen LogP) is 7.03. The SMILES string of the molecule is CC(C)n1ccc2cc(-c3nc(-c4ccccc4C(F)(F)F)cs3)ccc21. The second kappa shape index (κ2) is 6.53. The molecule has 27 heavy (non-hydrogen) atoms. The summed E-state index contributed by atoms with van der Waals surface area (Å²) in [6.45, 7) is 4.25. The topological polar surface area (TPSA) is 17.8 Å². The van der Waals surface area contributed by atoms with Gasteiger partial charge in [0.2, 0.25) is 0 Å². The van der Waals surface area contributed by atoms with Crippen LogP contribution < -0.4 is 0 Å². The second-order valence-electron chi connectivity index (χ2n) is 6.67. The molecule has 0 bridgehead atoms. The highest BCUT2D eigenvalue weighted by Crippen LogP contribution is 2.38. The normalized spacial score (nSPS) is 12.2. The van der Waals surface area contributed by atoms with Crippen molar-refractivity contribution in [3.63, 3.8) is 0 Å². The van der Waals surface area contributed by atoms with Crippen LogP contribution in [0.5, 0.6) is 0 Å². The fourth-order valence-electron chi connectivity index (χ4n) is 3.23. The van der Waals surface area contributed by atoms with Gasteiger partial charge in [-0.3, -0.25) is 0 Å². The van der Waals surface area contributed by atoms with Crippen LogP contribution >= 0.6 is 11.3 Å². The fraction of sp³-hybridized carbons (Fsp3) is 0.190. The van der Waals surface area contributed by atoms with Gasteiger partial charge in [-0.2, -0.15) is 13.2 Å². The third-order valence-corrected chi connectivity index (χ3v) is 5.43. The van der Waals surface area contributed by atoms with Gasteiger partial charge in [-0.15, -0.1) is 11.3 Å². The van der Waals surface area contributed by atoms with E-state index in [1.54, 1.807) is 11.4 Å². The van der Waals surface area contributed by atoms with Gasteiger partial charge >= 0.3 is 6.18 Å². The molecule has 0 aliphatic heterocycles. The molecule has 0 radical (unpaired) electrons. The van der Waals surface area contributed by atoms with Crippen molar-refractivity contribution in [1.82, 2.24) is 9.55 Å². The maximum atomic E-state index is 13.3. The van der Waals surface area contributed by atoms with Crippen LogP contribution in [0, 0.1) is 0 Å². The quantitative estimate of drug-likeness (QED) is 0.369. The predicted molar refractivity (Wildman–Crippen MR) is 104 cm³/mol. The van der Waals surface area contributed by atoms with Crippen LogP contribution in [-0.4, -0.2) is 9.55 Å². The van der Waals surface area contributed by atoms with Gasteiger partial charge in [-0.1, -0.05) is 18.2 Å². The van der Waals surface area contributed by atoms with Crippen LogP contribution in [-0.2, 0) is 6.18 Å². The Kier molecular flexibility index (Phi) is 4.30. The van der Waals surface area contributed by atoms with E-state index in [1.807, 2.05) is 30.5 Å². The number of benzene rings is 2. The lowest BCUT2D eigenvalue weighted by Crippen LogP contribution is -2.06. The van der Waals surface area contributed by atoms with Crippen molar-refractivity contribution >= 4 is 22.2 Å². The Bertz CT molecular complexity index is 1110. The molecule has 0 atom stereocenters. The number of aromatic nitrogens is 2. The molecule has 0 saturated heterocycles. The van der Waals surface area contributed by atoms with Gasteiger partial charge in [0.1, 0.15) is 5.01 Å². The van der Waals surface area contributed by atoms with Crippen molar-refractivity contribution in [2.75, 3.05) is 0 Å². The zero-order valence-corrected chi connectivity index (χ0v) is 15.6. The van der Waals surface area contributed by atoms with Gasteiger partial charge in [0.25, 0.3) is 0 Å². The van der Waals surface area contributed by atoms with E-state index in [0.717, 1.165) is 22.5 Å². The maximum absolute atomic E-state index is 13.3. The number of alkyl halides is 3. The molecule has 0 amide bonds. The molecule has 0 N–H and O–H groups in total. The number of rotatable bonds is 3. The summed E-state index contributed by atoms with van der Waals surface area (Å²) in [5, 5.41) is 3.48. The molecule has 0 spiro atoms. The molecule has 0 aliphatic rings. The lowest BCUT2D eigenvalue weighted by Gasteiger charge is -2.10. The van der Waals surface area contributed by atoms with E-state index in [1.165, 1.54) is 23.5 Å². The van der Waals surface area contributed by atoms with Crippen molar-refractivity contribution in [3.05, 3.63) is 65.7 Å². The maximum Gasteiger partial charge on any atom is 0.417 e. The molecule has 2 aromatic heterocycles. The Balaban J connectivity index is 1.75. The van der Waals surface area contributed by atoms with Crippen molar-refractivity contribution in [1.29, 1.82) is 0 Å². The van der Waals surface area contributed by atoms with Gasteiger partial charge in [0.05, 0.1) is 11.3 Å². The van der Waals surface area contributed by atoms with E-state index >= 15 is 0 Å². The van der Waals surface area contributed by atoms with E-state index in [9.17, 15) is 13.2 Å². The van der Waals surface area contributed by atoms with Crippen molar-refractivity contribution in [2.45, 2.75) is 26.1 Å². The highest BCUT2D eigenvalue weighted by atomic mass is 32.1. The Morgan fingerprint density at radius 2 is 1.81 bits per heavy atom. The number of hydrogen-bond acceptors (Lipinski definition) is 2. The first-order valence-electron chi connectivity index (χ1n) is 8.57. The summed E-state index contributed by atoms with van der Waals surface area (Å²) in [6.07, 6.45) is -2.36. The average molecular weight is 386 g/mol. The van der Waals surface area contributed by atoms with Gasteiger partial charge in [0.15, 0.2) is 0 Å². The summed E-state index contributed by atoms with van der Waals surface area (Å²) < 4.78 is 42.0. The van der Waals surface area contributed by atoms with E-state index in [2.05, 4.69) is 23.4 Å². The first-order valence-corrected chi connectivity index (χ1v) is 9.45. The molecule has 2 aromatic carbocycles. The second-order valence-corrected chi connectivity index (χ2v) is 7.53. The largest absolute Gasteiger partial charge is 0.417 e. The zero-order chi connectivity index (χ0) is 19.2. The molecule has 4 aromatic rings. The van der Waals surface area contributed by atoms with Crippen LogP contribution in [0.25, 0.3) is 32.7 Å². The van der Waals surface area contributed by atoms with Crippen LogP contribution in [0.1, 0.15) is 25.5 Å². The Labute approximate surface area is 158 Å². The molecule has 6 heteroatoms.